The zero-order chi connectivity index (χ0) is 39.4. The van der Waals surface area contributed by atoms with Crippen LogP contribution in [0.3, 0.4) is 0 Å². The number of ether oxygens (including phenoxy) is 1. The van der Waals surface area contributed by atoms with E-state index in [0.717, 1.165) is 90.6 Å². The van der Waals surface area contributed by atoms with Crippen molar-refractivity contribution in [1.29, 1.82) is 0 Å². The topological polar surface area (TPSA) is 91.5 Å². The molecule has 4 N–H and O–H groups in total. The van der Waals surface area contributed by atoms with Crippen molar-refractivity contribution in [2.24, 2.45) is 5.92 Å². The van der Waals surface area contributed by atoms with Crippen LogP contribution in [-0.2, 0) is 14.3 Å². The Morgan fingerprint density at radius 2 is 0.870 bits per heavy atom. The lowest BCUT2D eigenvalue weighted by Gasteiger charge is -2.18. The fourth-order valence-electron chi connectivity index (χ4n) is 7.19. The number of carbonyl (C=O) groups is 2. The zero-order valence-corrected chi connectivity index (χ0v) is 36.5. The highest BCUT2D eigenvalue weighted by atomic mass is 16.5. The van der Waals surface area contributed by atoms with Crippen molar-refractivity contribution < 1.29 is 14.3 Å². The van der Waals surface area contributed by atoms with Gasteiger partial charge in [0.2, 0.25) is 11.8 Å². The summed E-state index contributed by atoms with van der Waals surface area (Å²) < 4.78 is 5.71. The minimum absolute atomic E-state index is 0.0630. The molecule has 0 heterocycles. The molecular formula is C47H94N4O3. The van der Waals surface area contributed by atoms with Crippen LogP contribution in [0.1, 0.15) is 226 Å². The molecule has 0 saturated carbocycles. The van der Waals surface area contributed by atoms with E-state index in [0.29, 0.717) is 6.42 Å². The van der Waals surface area contributed by atoms with Gasteiger partial charge >= 0.3 is 0 Å². The van der Waals surface area contributed by atoms with Gasteiger partial charge in [-0.05, 0) is 51.6 Å². The van der Waals surface area contributed by atoms with E-state index in [1.807, 2.05) is 0 Å². The van der Waals surface area contributed by atoms with Gasteiger partial charge in [-0.3, -0.25) is 9.59 Å². The first-order valence-electron chi connectivity index (χ1n) is 23.8. The molecule has 2 unspecified atom stereocenters. The normalized spacial score (nSPS) is 12.4. The second-order valence-electron chi connectivity index (χ2n) is 16.3. The summed E-state index contributed by atoms with van der Waals surface area (Å²) in [6.45, 7) is 15.4. The molecule has 0 aromatic carbocycles. The van der Waals surface area contributed by atoms with E-state index in [-0.39, 0.29) is 23.8 Å². The molecule has 54 heavy (non-hydrogen) atoms. The van der Waals surface area contributed by atoms with E-state index in [4.69, 9.17) is 4.74 Å². The molecule has 0 fully saturated rings. The van der Waals surface area contributed by atoms with Crippen LogP contribution in [0.5, 0.6) is 0 Å². The van der Waals surface area contributed by atoms with E-state index in [2.05, 4.69) is 48.6 Å². The lowest BCUT2D eigenvalue weighted by atomic mass is 10.0. The summed E-state index contributed by atoms with van der Waals surface area (Å²) in [5, 5.41) is 13.3. The third kappa shape index (κ3) is 40.1. The molecule has 0 aromatic heterocycles. The Bertz CT molecular complexity index is 795. The molecular weight excluding hydrogens is 669 g/mol. The standard InChI is InChI=1S/C47H94N4O3/c1-5-8-10-12-14-16-18-19-21-23-25-27-31-37-46(52)50-40-34-28-32-38-48-42-45(54-7-3)43-49-39-33-29-35-41-51-47(53)44(4)36-30-26-24-22-20-17-15-13-11-9-6-2/h7,44-45,48-49H,3,5-6,8-43H2,1-2,4H3,(H,50,52)(H,51,53). The van der Waals surface area contributed by atoms with Gasteiger partial charge in [0.05, 0.1) is 6.26 Å². The molecule has 2 atom stereocenters. The molecule has 0 aliphatic heterocycles. The Morgan fingerprint density at radius 3 is 1.31 bits per heavy atom. The van der Waals surface area contributed by atoms with E-state index in [1.165, 1.54) is 154 Å². The largest absolute Gasteiger partial charge is 0.496 e. The third-order valence-corrected chi connectivity index (χ3v) is 10.9. The fourth-order valence-corrected chi connectivity index (χ4v) is 7.19. The van der Waals surface area contributed by atoms with Gasteiger partial charge in [-0.1, -0.05) is 188 Å². The summed E-state index contributed by atoms with van der Waals surface area (Å²) in [7, 11) is 0. The first kappa shape index (κ1) is 52.4. The molecule has 0 aliphatic rings. The van der Waals surface area contributed by atoms with Crippen LogP contribution in [-0.4, -0.2) is 57.2 Å². The summed E-state index contributed by atoms with van der Waals surface area (Å²) in [5.74, 6) is 0.561. The molecule has 0 aliphatic carbocycles. The molecule has 7 heteroatoms. The van der Waals surface area contributed by atoms with Crippen LogP contribution >= 0.6 is 0 Å². The summed E-state index contributed by atoms with van der Waals surface area (Å²) in [6.07, 6.45) is 41.9. The molecule has 2 amide bonds. The van der Waals surface area contributed by atoms with Gasteiger partial charge in [-0.15, -0.1) is 0 Å². The van der Waals surface area contributed by atoms with E-state index in [9.17, 15) is 9.59 Å². The molecule has 0 rings (SSSR count). The van der Waals surface area contributed by atoms with Crippen molar-refractivity contribution in [2.75, 3.05) is 39.3 Å². The Kier molecular flexibility index (Phi) is 42.8. The van der Waals surface area contributed by atoms with Crippen LogP contribution < -0.4 is 21.3 Å². The number of amides is 2. The summed E-state index contributed by atoms with van der Waals surface area (Å²) in [5.41, 5.74) is 0. The molecule has 320 valence electrons. The maximum Gasteiger partial charge on any atom is 0.222 e. The van der Waals surface area contributed by atoms with Gasteiger partial charge in [0, 0.05) is 38.5 Å². The quantitative estimate of drug-likeness (QED) is 0.0366. The van der Waals surface area contributed by atoms with Crippen LogP contribution in [0.15, 0.2) is 12.8 Å². The lowest BCUT2D eigenvalue weighted by molar-refractivity contribution is -0.124. The predicted molar refractivity (Wildman–Crippen MR) is 235 cm³/mol. The van der Waals surface area contributed by atoms with Crippen molar-refractivity contribution in [3.05, 3.63) is 12.8 Å². The van der Waals surface area contributed by atoms with Crippen LogP contribution in [0.25, 0.3) is 0 Å². The molecule has 7 nitrogen and oxygen atoms in total. The number of hydrogen-bond donors (Lipinski definition) is 4. The number of hydrogen-bond acceptors (Lipinski definition) is 5. The molecule has 0 spiro atoms. The highest BCUT2D eigenvalue weighted by Gasteiger charge is 2.12. The minimum atomic E-state index is 0.0630. The highest BCUT2D eigenvalue weighted by Crippen LogP contribution is 2.15. The second kappa shape index (κ2) is 44.1. The Balaban J connectivity index is 3.56. The number of nitrogens with one attached hydrogen (secondary N) is 4. The van der Waals surface area contributed by atoms with E-state index in [1.54, 1.807) is 0 Å². The van der Waals surface area contributed by atoms with Gasteiger partial charge in [-0.2, -0.15) is 0 Å². The lowest BCUT2D eigenvalue weighted by Crippen LogP contribution is -2.37. The summed E-state index contributed by atoms with van der Waals surface area (Å²) >= 11 is 0. The van der Waals surface area contributed by atoms with E-state index < -0.39 is 0 Å². The van der Waals surface area contributed by atoms with Crippen molar-refractivity contribution >= 4 is 11.8 Å². The zero-order valence-electron chi connectivity index (χ0n) is 36.5. The van der Waals surface area contributed by atoms with Gasteiger partial charge in [0.25, 0.3) is 0 Å². The molecule has 0 radical (unpaired) electrons. The molecule has 0 bridgehead atoms. The van der Waals surface area contributed by atoms with Gasteiger partial charge in [-0.25, -0.2) is 0 Å². The van der Waals surface area contributed by atoms with Crippen molar-refractivity contribution in [3.63, 3.8) is 0 Å². The Morgan fingerprint density at radius 1 is 0.500 bits per heavy atom. The predicted octanol–water partition coefficient (Wildman–Crippen LogP) is 12.1. The Labute approximate surface area is 336 Å². The monoisotopic (exact) mass is 763 g/mol. The fraction of sp³-hybridized carbons (Fsp3) is 0.915. The third-order valence-electron chi connectivity index (χ3n) is 10.9. The smallest absolute Gasteiger partial charge is 0.222 e. The summed E-state index contributed by atoms with van der Waals surface area (Å²) in [6, 6.07) is 0. The molecule has 0 saturated heterocycles. The average molecular weight is 763 g/mol. The van der Waals surface area contributed by atoms with Crippen molar-refractivity contribution in [2.45, 2.75) is 232 Å². The second-order valence-corrected chi connectivity index (χ2v) is 16.3. The maximum absolute atomic E-state index is 12.5. The highest BCUT2D eigenvalue weighted by molar-refractivity contribution is 5.78. The maximum atomic E-state index is 12.5. The van der Waals surface area contributed by atoms with Crippen LogP contribution in [0.2, 0.25) is 0 Å². The van der Waals surface area contributed by atoms with E-state index >= 15 is 0 Å². The number of rotatable bonds is 45. The average Bonchev–Trinajstić information content (AvgIpc) is 3.17. The number of unbranched alkanes of at least 4 members (excludes halogenated alkanes) is 26. The minimum Gasteiger partial charge on any atom is -0.496 e. The van der Waals surface area contributed by atoms with Crippen molar-refractivity contribution in [3.8, 4) is 0 Å². The first-order chi connectivity index (χ1) is 26.5. The molecule has 0 aromatic rings. The van der Waals surface area contributed by atoms with Gasteiger partial charge in [0.1, 0.15) is 6.10 Å². The van der Waals surface area contributed by atoms with Crippen LogP contribution in [0, 0.1) is 5.92 Å². The van der Waals surface area contributed by atoms with Gasteiger partial charge in [0.15, 0.2) is 0 Å². The first-order valence-corrected chi connectivity index (χ1v) is 23.8. The van der Waals surface area contributed by atoms with Crippen LogP contribution in [0.4, 0.5) is 0 Å². The Hall–Kier alpha value is -1.60. The van der Waals surface area contributed by atoms with Crippen molar-refractivity contribution in [1.82, 2.24) is 21.3 Å². The van der Waals surface area contributed by atoms with Gasteiger partial charge < -0.3 is 26.0 Å². The summed E-state index contributed by atoms with van der Waals surface area (Å²) in [4.78, 5) is 24.6. The SMILES string of the molecule is C=COC(CNCCCCCNC(=O)CCCCCCCCCCCCCCC)CNCCCCCNC(=O)C(C)CCCCCCCCCCCCC. The number of carbonyl (C=O) groups excluding carboxylic acids is 2.